The number of carbonyl (C=O) groups excluding carboxylic acids is 2. The Hall–Kier alpha value is -2.87. The van der Waals surface area contributed by atoms with E-state index in [1.165, 1.54) is 0 Å². The van der Waals surface area contributed by atoms with E-state index in [2.05, 4.69) is 5.16 Å². The van der Waals surface area contributed by atoms with Crippen molar-refractivity contribution in [3.05, 3.63) is 46.8 Å². The maximum Gasteiger partial charge on any atom is 0.257 e. The summed E-state index contributed by atoms with van der Waals surface area (Å²) in [5, 5.41) is 3.94. The lowest BCUT2D eigenvalue weighted by Crippen LogP contribution is -2.42. The Balaban J connectivity index is 1.35. The van der Waals surface area contributed by atoms with Crippen LogP contribution in [0.25, 0.3) is 0 Å². The normalized spacial score (nSPS) is 19.1. The lowest BCUT2D eigenvalue weighted by molar-refractivity contribution is -0.132. The molecular weight excluding hydrogens is 410 g/mol. The second-order valence-corrected chi connectivity index (χ2v) is 8.54. The molecule has 2 aliphatic heterocycles. The van der Waals surface area contributed by atoms with Crippen molar-refractivity contribution in [3.8, 4) is 5.75 Å². The zero-order valence-corrected chi connectivity index (χ0v) is 18.8. The molecule has 2 fully saturated rings. The van der Waals surface area contributed by atoms with Gasteiger partial charge in [-0.1, -0.05) is 17.3 Å². The fraction of sp³-hybridized carbons (Fsp3) is 0.542. The molecule has 0 N–H and O–H groups in total. The maximum atomic E-state index is 12.9. The highest BCUT2D eigenvalue weighted by molar-refractivity contribution is 5.97. The van der Waals surface area contributed by atoms with Gasteiger partial charge in [-0.2, -0.15) is 0 Å². The molecule has 4 rings (SSSR count). The van der Waals surface area contributed by atoms with E-state index in [1.807, 2.05) is 43.0 Å². The predicted octanol–water partition coefficient (Wildman–Crippen LogP) is 2.62. The first-order valence-corrected chi connectivity index (χ1v) is 11.3. The first kappa shape index (κ1) is 22.3. The van der Waals surface area contributed by atoms with Gasteiger partial charge in [-0.05, 0) is 38.8 Å². The summed E-state index contributed by atoms with van der Waals surface area (Å²) in [7, 11) is 0. The van der Waals surface area contributed by atoms with Crippen LogP contribution in [0, 0.1) is 19.8 Å². The molecule has 2 aliphatic rings. The third-order valence-corrected chi connectivity index (χ3v) is 6.27. The van der Waals surface area contributed by atoms with Gasteiger partial charge >= 0.3 is 0 Å². The van der Waals surface area contributed by atoms with Crippen molar-refractivity contribution in [2.24, 2.45) is 5.92 Å². The smallest absolute Gasteiger partial charge is 0.257 e. The zero-order valence-electron chi connectivity index (χ0n) is 18.8. The Morgan fingerprint density at radius 1 is 1.12 bits per heavy atom. The van der Waals surface area contributed by atoms with Crippen LogP contribution in [0.4, 0.5) is 0 Å². The summed E-state index contributed by atoms with van der Waals surface area (Å²) in [6, 6.07) is 7.40. The average Bonchev–Trinajstić information content (AvgIpc) is 3.15. The van der Waals surface area contributed by atoms with E-state index in [0.717, 1.165) is 30.6 Å². The van der Waals surface area contributed by atoms with E-state index in [-0.39, 0.29) is 17.7 Å². The van der Waals surface area contributed by atoms with E-state index in [0.29, 0.717) is 62.9 Å². The summed E-state index contributed by atoms with van der Waals surface area (Å²) >= 11 is 0. The molecule has 8 nitrogen and oxygen atoms in total. The van der Waals surface area contributed by atoms with Gasteiger partial charge in [0.2, 0.25) is 5.91 Å². The van der Waals surface area contributed by atoms with Crippen LogP contribution < -0.4 is 4.74 Å². The quantitative estimate of drug-likeness (QED) is 0.685. The number of aromatic nitrogens is 1. The van der Waals surface area contributed by atoms with Crippen LogP contribution in [0.3, 0.4) is 0 Å². The minimum atomic E-state index is -0.0243. The summed E-state index contributed by atoms with van der Waals surface area (Å²) < 4.78 is 16.7. The SMILES string of the molecule is Cc1noc(C)c1CC(=O)N1CCCC(COc2ccccc2C(=O)N2CCOCC2)C1. The number of hydrogen-bond acceptors (Lipinski definition) is 6. The molecule has 2 saturated heterocycles. The molecule has 0 saturated carbocycles. The number of carbonyl (C=O) groups is 2. The molecule has 1 unspecified atom stereocenters. The van der Waals surface area contributed by atoms with Gasteiger partial charge in [0, 0.05) is 37.7 Å². The number of morpholine rings is 1. The van der Waals surface area contributed by atoms with Crippen molar-refractivity contribution in [2.45, 2.75) is 33.1 Å². The summed E-state index contributed by atoms with van der Waals surface area (Å²) in [5.41, 5.74) is 2.23. The molecule has 1 aromatic heterocycles. The average molecular weight is 442 g/mol. The van der Waals surface area contributed by atoms with Crippen LogP contribution in [-0.4, -0.2) is 72.8 Å². The number of hydrogen-bond donors (Lipinski definition) is 0. The molecule has 3 heterocycles. The van der Waals surface area contributed by atoms with Gasteiger partial charge in [-0.15, -0.1) is 0 Å². The first-order chi connectivity index (χ1) is 15.5. The number of rotatable bonds is 6. The van der Waals surface area contributed by atoms with Gasteiger partial charge in [-0.25, -0.2) is 0 Å². The summed E-state index contributed by atoms with van der Waals surface area (Å²) in [5.74, 6) is 1.59. The lowest BCUT2D eigenvalue weighted by Gasteiger charge is -2.33. The Bertz CT molecular complexity index is 931. The van der Waals surface area contributed by atoms with Crippen LogP contribution in [-0.2, 0) is 16.0 Å². The molecular formula is C24H31N3O5. The fourth-order valence-electron chi connectivity index (χ4n) is 4.36. The van der Waals surface area contributed by atoms with E-state index in [9.17, 15) is 9.59 Å². The number of para-hydroxylation sites is 1. The number of ether oxygens (including phenoxy) is 2. The Kier molecular flexibility index (Phi) is 7.09. The van der Waals surface area contributed by atoms with Gasteiger partial charge in [-0.3, -0.25) is 9.59 Å². The zero-order chi connectivity index (χ0) is 22.5. The topological polar surface area (TPSA) is 85.1 Å². The molecule has 1 atom stereocenters. The molecule has 0 bridgehead atoms. The number of likely N-dealkylation sites (tertiary alicyclic amines) is 1. The van der Waals surface area contributed by atoms with Crippen LogP contribution >= 0.6 is 0 Å². The molecule has 2 aromatic rings. The monoisotopic (exact) mass is 441 g/mol. The minimum Gasteiger partial charge on any atom is -0.492 e. The number of nitrogens with zero attached hydrogens (tertiary/aromatic N) is 3. The predicted molar refractivity (Wildman–Crippen MR) is 118 cm³/mol. The minimum absolute atomic E-state index is 0.0243. The summed E-state index contributed by atoms with van der Waals surface area (Å²) in [4.78, 5) is 29.5. The third kappa shape index (κ3) is 5.12. The molecule has 0 aliphatic carbocycles. The van der Waals surface area contributed by atoms with Crippen molar-refractivity contribution in [3.63, 3.8) is 0 Å². The molecule has 1 aromatic carbocycles. The number of aryl methyl sites for hydroxylation is 2. The Labute approximate surface area is 188 Å². The van der Waals surface area contributed by atoms with Crippen LogP contribution in [0.2, 0.25) is 0 Å². The van der Waals surface area contributed by atoms with Crippen LogP contribution in [0.15, 0.2) is 28.8 Å². The van der Waals surface area contributed by atoms with Gasteiger partial charge in [0.1, 0.15) is 11.5 Å². The molecule has 32 heavy (non-hydrogen) atoms. The second kappa shape index (κ2) is 10.2. The summed E-state index contributed by atoms with van der Waals surface area (Å²) in [6.07, 6.45) is 2.25. The van der Waals surface area contributed by atoms with Crippen molar-refractivity contribution >= 4 is 11.8 Å². The van der Waals surface area contributed by atoms with Crippen molar-refractivity contribution in [1.29, 1.82) is 0 Å². The first-order valence-electron chi connectivity index (χ1n) is 11.3. The molecule has 172 valence electrons. The van der Waals surface area contributed by atoms with Gasteiger partial charge in [0.25, 0.3) is 5.91 Å². The molecule has 0 radical (unpaired) electrons. The molecule has 0 spiro atoms. The van der Waals surface area contributed by atoms with Crippen molar-refractivity contribution < 1.29 is 23.6 Å². The largest absolute Gasteiger partial charge is 0.492 e. The standard InChI is InChI=1S/C24H31N3O5/c1-17-21(18(2)32-25-17)14-23(28)27-9-5-6-19(15-27)16-31-22-8-4-3-7-20(22)24(29)26-10-12-30-13-11-26/h3-4,7-8,19H,5-6,9-16H2,1-2H3. The lowest BCUT2D eigenvalue weighted by atomic mass is 9.98. The highest BCUT2D eigenvalue weighted by atomic mass is 16.5. The van der Waals surface area contributed by atoms with Gasteiger partial charge < -0.3 is 23.8 Å². The summed E-state index contributed by atoms with van der Waals surface area (Å²) in [6.45, 7) is 7.90. The molecule has 8 heteroatoms. The number of benzene rings is 1. The Morgan fingerprint density at radius 3 is 2.66 bits per heavy atom. The van der Waals surface area contributed by atoms with Crippen molar-refractivity contribution in [2.75, 3.05) is 46.0 Å². The molecule has 2 amide bonds. The van der Waals surface area contributed by atoms with Crippen molar-refractivity contribution in [1.82, 2.24) is 15.0 Å². The van der Waals surface area contributed by atoms with Gasteiger partial charge in [0.05, 0.1) is 37.5 Å². The highest BCUT2D eigenvalue weighted by Crippen LogP contribution is 2.24. The Morgan fingerprint density at radius 2 is 1.91 bits per heavy atom. The van der Waals surface area contributed by atoms with Crippen LogP contribution in [0.5, 0.6) is 5.75 Å². The van der Waals surface area contributed by atoms with E-state index in [1.54, 1.807) is 4.90 Å². The maximum absolute atomic E-state index is 12.9. The van der Waals surface area contributed by atoms with Gasteiger partial charge in [0.15, 0.2) is 0 Å². The van der Waals surface area contributed by atoms with E-state index < -0.39 is 0 Å². The number of piperidine rings is 1. The van der Waals surface area contributed by atoms with E-state index in [4.69, 9.17) is 14.0 Å². The highest BCUT2D eigenvalue weighted by Gasteiger charge is 2.27. The number of amides is 2. The van der Waals surface area contributed by atoms with Crippen LogP contribution in [0.1, 0.15) is 40.2 Å². The fourth-order valence-corrected chi connectivity index (χ4v) is 4.36. The second-order valence-electron chi connectivity index (χ2n) is 8.54. The third-order valence-electron chi connectivity index (χ3n) is 6.27. The van der Waals surface area contributed by atoms with E-state index >= 15 is 0 Å².